The van der Waals surface area contributed by atoms with Gasteiger partial charge >= 0.3 is 0 Å². The van der Waals surface area contributed by atoms with Crippen molar-refractivity contribution < 1.29 is 0 Å². The molecule has 0 radical (unpaired) electrons. The van der Waals surface area contributed by atoms with E-state index < -0.39 is 0 Å². The number of aryl methyl sites for hydroxylation is 1. The molecule has 118 valence electrons. The Hall–Kier alpha value is -1.96. The lowest BCUT2D eigenvalue weighted by Crippen LogP contribution is -2.03. The molecule has 0 saturated heterocycles. The molecular weight excluding hydrogens is 326 g/mol. The maximum Gasteiger partial charge on any atom is 0.101 e. The van der Waals surface area contributed by atoms with E-state index in [2.05, 4.69) is 17.7 Å². The molecule has 0 N–H and O–H groups in total. The number of benzene rings is 1. The van der Waals surface area contributed by atoms with Gasteiger partial charge in [-0.15, -0.1) is 11.8 Å². The Morgan fingerprint density at radius 1 is 1.48 bits per heavy atom. The molecule has 1 aromatic heterocycles. The Labute approximate surface area is 146 Å². The molecule has 3 nitrogen and oxygen atoms in total. The van der Waals surface area contributed by atoms with Gasteiger partial charge in [0.1, 0.15) is 6.07 Å². The van der Waals surface area contributed by atoms with Gasteiger partial charge in [-0.25, -0.2) is 0 Å². The molecular formula is C18H18ClN3S. The van der Waals surface area contributed by atoms with E-state index in [1.165, 1.54) is 4.91 Å². The van der Waals surface area contributed by atoms with Crippen LogP contribution in [0.5, 0.6) is 0 Å². The highest BCUT2D eigenvalue weighted by Gasteiger charge is 2.15. The summed E-state index contributed by atoms with van der Waals surface area (Å²) in [5.41, 5.74) is 4.55. The lowest BCUT2D eigenvalue weighted by atomic mass is 10.0. The molecule has 0 amide bonds. The van der Waals surface area contributed by atoms with E-state index in [1.54, 1.807) is 23.9 Å². The molecule has 0 atom stereocenters. The molecule has 0 spiro atoms. The first kappa shape index (κ1) is 17.4. The fourth-order valence-electron chi connectivity index (χ4n) is 2.49. The molecule has 0 aliphatic heterocycles. The summed E-state index contributed by atoms with van der Waals surface area (Å²) < 4.78 is 1.99. The van der Waals surface area contributed by atoms with Gasteiger partial charge in [0, 0.05) is 16.2 Å². The van der Waals surface area contributed by atoms with E-state index in [0.29, 0.717) is 17.1 Å². The monoisotopic (exact) mass is 343 g/mol. The van der Waals surface area contributed by atoms with Crippen LogP contribution in [0.15, 0.2) is 41.8 Å². The highest BCUT2D eigenvalue weighted by Crippen LogP contribution is 2.31. The van der Waals surface area contributed by atoms with E-state index in [0.717, 1.165) is 22.5 Å². The third-order valence-electron chi connectivity index (χ3n) is 3.63. The van der Waals surface area contributed by atoms with Gasteiger partial charge in [-0.05, 0) is 37.8 Å². The average Bonchev–Trinajstić information content (AvgIpc) is 2.80. The highest BCUT2D eigenvalue weighted by molar-refractivity contribution is 8.02. The van der Waals surface area contributed by atoms with Crippen molar-refractivity contribution in [2.24, 2.45) is 0 Å². The molecule has 5 heteroatoms. The van der Waals surface area contributed by atoms with Crippen LogP contribution >= 0.6 is 23.4 Å². The molecule has 0 aliphatic carbocycles. The number of nitrogens with zero attached hydrogens (tertiary/aromatic N) is 3. The van der Waals surface area contributed by atoms with E-state index in [1.807, 2.05) is 43.0 Å². The van der Waals surface area contributed by atoms with Crippen molar-refractivity contribution in [3.05, 3.63) is 63.8 Å². The van der Waals surface area contributed by atoms with E-state index >= 15 is 0 Å². The Kier molecular flexibility index (Phi) is 5.70. The smallest absolute Gasteiger partial charge is 0.101 e. The van der Waals surface area contributed by atoms with Crippen molar-refractivity contribution in [3.63, 3.8) is 0 Å². The van der Waals surface area contributed by atoms with Crippen LogP contribution in [0, 0.1) is 25.2 Å². The number of hydrogen-bond acceptors (Lipinski definition) is 3. The van der Waals surface area contributed by atoms with E-state index in [-0.39, 0.29) is 0 Å². The lowest BCUT2D eigenvalue weighted by molar-refractivity contribution is 0.667. The fourth-order valence-corrected chi connectivity index (χ4v) is 3.20. The summed E-state index contributed by atoms with van der Waals surface area (Å²) in [6.45, 7) is 8.50. The molecule has 0 unspecified atom stereocenters. The summed E-state index contributed by atoms with van der Waals surface area (Å²) in [5.74, 6) is 0. The van der Waals surface area contributed by atoms with Crippen molar-refractivity contribution in [1.82, 2.24) is 9.78 Å². The molecule has 0 bridgehead atoms. The first-order valence-corrected chi connectivity index (χ1v) is 8.71. The topological polar surface area (TPSA) is 41.6 Å². The first-order chi connectivity index (χ1) is 11.0. The zero-order valence-corrected chi connectivity index (χ0v) is 15.0. The van der Waals surface area contributed by atoms with Gasteiger partial charge in [0.25, 0.3) is 0 Å². The Balaban J connectivity index is 2.46. The average molecular weight is 344 g/mol. The van der Waals surface area contributed by atoms with Gasteiger partial charge < -0.3 is 0 Å². The largest absolute Gasteiger partial charge is 0.264 e. The second-order valence-electron chi connectivity index (χ2n) is 5.08. The number of thioether (sulfide) groups is 1. The van der Waals surface area contributed by atoms with Crippen LogP contribution in [0.25, 0.3) is 11.1 Å². The molecule has 1 heterocycles. The van der Waals surface area contributed by atoms with Crippen molar-refractivity contribution in [2.45, 2.75) is 20.4 Å². The lowest BCUT2D eigenvalue weighted by Gasteiger charge is -2.08. The molecule has 0 fully saturated rings. The molecule has 0 saturated carbocycles. The van der Waals surface area contributed by atoms with Gasteiger partial charge in [-0.1, -0.05) is 36.4 Å². The number of allylic oxidation sites excluding steroid dienone is 3. The van der Waals surface area contributed by atoms with Crippen LogP contribution in [0.1, 0.15) is 17.0 Å². The minimum Gasteiger partial charge on any atom is -0.264 e. The number of halogens is 1. The summed E-state index contributed by atoms with van der Waals surface area (Å²) in [6, 6.07) is 7.58. The number of aromatic nitrogens is 2. The summed E-state index contributed by atoms with van der Waals surface area (Å²) in [4.78, 5) is 1.19. The van der Waals surface area contributed by atoms with Crippen LogP contribution in [0.3, 0.4) is 0 Å². The third-order valence-corrected chi connectivity index (χ3v) is 4.73. The normalized spacial score (nSPS) is 11.3. The zero-order valence-electron chi connectivity index (χ0n) is 13.4. The van der Waals surface area contributed by atoms with Crippen molar-refractivity contribution >= 4 is 23.4 Å². The maximum atomic E-state index is 9.00. The van der Waals surface area contributed by atoms with Gasteiger partial charge in [0.2, 0.25) is 0 Å². The molecule has 1 aromatic carbocycles. The predicted octanol–water partition coefficient (Wildman–Crippen LogP) is 5.12. The van der Waals surface area contributed by atoms with Crippen molar-refractivity contribution in [3.8, 4) is 17.2 Å². The SMILES string of the molecule is C=C/C=C(/Cn1nc(C)c(-c2ccc(C#N)c(Cl)c2)c1C)SC. The fraction of sp³-hybridized carbons (Fsp3) is 0.222. The summed E-state index contributed by atoms with van der Waals surface area (Å²) >= 11 is 7.85. The van der Waals surface area contributed by atoms with E-state index in [9.17, 15) is 0 Å². The van der Waals surface area contributed by atoms with Crippen molar-refractivity contribution in [2.75, 3.05) is 6.26 Å². The number of nitriles is 1. The minimum atomic E-state index is 0.466. The third kappa shape index (κ3) is 3.69. The first-order valence-electron chi connectivity index (χ1n) is 7.11. The number of hydrogen-bond donors (Lipinski definition) is 0. The molecule has 23 heavy (non-hydrogen) atoms. The van der Waals surface area contributed by atoms with Gasteiger partial charge in [0.05, 0.1) is 22.8 Å². The van der Waals surface area contributed by atoms with Gasteiger partial charge in [0.15, 0.2) is 0 Å². The summed E-state index contributed by atoms with van der Waals surface area (Å²) in [5, 5.41) is 14.1. The summed E-state index contributed by atoms with van der Waals surface area (Å²) in [7, 11) is 0. The van der Waals surface area contributed by atoms with Crippen molar-refractivity contribution in [1.29, 1.82) is 5.26 Å². The predicted molar refractivity (Wildman–Crippen MR) is 98.7 cm³/mol. The van der Waals surface area contributed by atoms with Crippen LogP contribution in [-0.2, 0) is 6.54 Å². The van der Waals surface area contributed by atoms with E-state index in [4.69, 9.17) is 16.9 Å². The quantitative estimate of drug-likeness (QED) is 0.707. The van der Waals surface area contributed by atoms with Crippen LogP contribution in [0.2, 0.25) is 5.02 Å². The van der Waals surface area contributed by atoms with Crippen LogP contribution in [-0.4, -0.2) is 16.0 Å². The molecule has 2 aromatic rings. The standard InChI is InChI=1S/C18H18ClN3S/c1-5-6-16(23-4)11-22-13(3)18(12(2)21-22)14-7-8-15(10-20)17(19)9-14/h5-9H,1,11H2,2-4H3/b16-6-. The molecule has 0 aliphatic rings. The van der Waals surface area contributed by atoms with Crippen LogP contribution < -0.4 is 0 Å². The Morgan fingerprint density at radius 3 is 2.78 bits per heavy atom. The highest BCUT2D eigenvalue weighted by atomic mass is 35.5. The number of rotatable bonds is 5. The zero-order chi connectivity index (χ0) is 17.0. The summed E-state index contributed by atoms with van der Waals surface area (Å²) in [6.07, 6.45) is 5.83. The minimum absolute atomic E-state index is 0.466. The Morgan fingerprint density at radius 2 is 2.22 bits per heavy atom. The second-order valence-corrected chi connectivity index (χ2v) is 6.42. The maximum absolute atomic E-state index is 9.00. The second kappa shape index (κ2) is 7.54. The van der Waals surface area contributed by atoms with Gasteiger partial charge in [-0.3, -0.25) is 4.68 Å². The van der Waals surface area contributed by atoms with Gasteiger partial charge in [-0.2, -0.15) is 10.4 Å². The Bertz CT molecular complexity index is 812. The van der Waals surface area contributed by atoms with Crippen LogP contribution in [0.4, 0.5) is 0 Å². The molecule has 2 rings (SSSR count).